The summed E-state index contributed by atoms with van der Waals surface area (Å²) in [6.07, 6.45) is 6.11. The van der Waals surface area contributed by atoms with E-state index in [2.05, 4.69) is 32.4 Å². The first kappa shape index (κ1) is 13.2. The van der Waals surface area contributed by atoms with Gasteiger partial charge in [0.05, 0.1) is 14.2 Å². The minimum atomic E-state index is 0.732. The molecule has 5 heteroatoms. The van der Waals surface area contributed by atoms with Crippen molar-refractivity contribution < 1.29 is 0 Å². The Labute approximate surface area is 119 Å². The maximum Gasteiger partial charge on any atom is 0.121 e. The molecule has 0 aliphatic heterocycles. The molecule has 2 aromatic rings. The molecule has 2 rings (SSSR count). The van der Waals surface area contributed by atoms with Gasteiger partial charge in [-0.3, -0.25) is 0 Å². The van der Waals surface area contributed by atoms with Crippen LogP contribution >= 0.6 is 39.1 Å². The molecule has 0 fully saturated rings. The zero-order valence-corrected chi connectivity index (χ0v) is 12.8. The summed E-state index contributed by atoms with van der Waals surface area (Å²) in [5.41, 5.74) is 2.17. The lowest BCUT2D eigenvalue weighted by Crippen LogP contribution is -1.88. The third-order valence-corrected chi connectivity index (χ3v) is 4.93. The predicted molar refractivity (Wildman–Crippen MR) is 78.0 cm³/mol. The third-order valence-electron chi connectivity index (χ3n) is 2.80. The highest BCUT2D eigenvalue weighted by Crippen LogP contribution is 2.34. The number of nitrogens with zero attached hydrogens (tertiary/aromatic N) is 2. The van der Waals surface area contributed by atoms with E-state index in [1.165, 1.54) is 42.8 Å². The van der Waals surface area contributed by atoms with Crippen LogP contribution in [0.2, 0.25) is 5.02 Å². The fraction of sp³-hybridized carbons (Fsp3) is 0.500. The Morgan fingerprint density at radius 3 is 2.94 bits per heavy atom. The van der Waals surface area contributed by atoms with Crippen molar-refractivity contribution in [1.82, 2.24) is 9.59 Å². The van der Waals surface area contributed by atoms with Crippen molar-refractivity contribution in [2.45, 2.75) is 39.0 Å². The normalized spacial score (nSPS) is 11.2. The van der Waals surface area contributed by atoms with E-state index in [4.69, 9.17) is 11.6 Å². The van der Waals surface area contributed by atoms with Gasteiger partial charge in [-0.2, -0.15) is 0 Å². The molecular formula is C12H14BrClN2S. The van der Waals surface area contributed by atoms with Crippen LogP contribution in [0.5, 0.6) is 0 Å². The Morgan fingerprint density at radius 1 is 1.35 bits per heavy atom. The lowest BCUT2D eigenvalue weighted by atomic mass is 10.1. The maximum absolute atomic E-state index is 6.18. The van der Waals surface area contributed by atoms with Crippen LogP contribution in [0.3, 0.4) is 0 Å². The van der Waals surface area contributed by atoms with Gasteiger partial charge in [0.2, 0.25) is 0 Å². The van der Waals surface area contributed by atoms with Crippen LogP contribution in [-0.4, -0.2) is 9.59 Å². The number of fused-ring (bicyclic) bond motifs is 1. The summed E-state index contributed by atoms with van der Waals surface area (Å²) in [5, 5.41) is 4.85. The summed E-state index contributed by atoms with van der Waals surface area (Å²) >= 11 is 11.1. The molecule has 92 valence electrons. The number of hydrogen-bond acceptors (Lipinski definition) is 3. The van der Waals surface area contributed by atoms with Gasteiger partial charge in [-0.25, -0.2) is 0 Å². The fourth-order valence-electron chi connectivity index (χ4n) is 1.87. The summed E-state index contributed by atoms with van der Waals surface area (Å²) < 4.78 is 6.04. The lowest BCUT2D eigenvalue weighted by molar-refractivity contribution is 0.668. The fourth-order valence-corrected chi connectivity index (χ4v) is 3.32. The molecule has 0 radical (unpaired) electrons. The van der Waals surface area contributed by atoms with Crippen LogP contribution in [0, 0.1) is 0 Å². The van der Waals surface area contributed by atoms with Crippen molar-refractivity contribution in [2.75, 3.05) is 0 Å². The van der Waals surface area contributed by atoms with Crippen molar-refractivity contribution in [3.63, 3.8) is 0 Å². The number of benzene rings is 1. The average molecular weight is 334 g/mol. The number of unbranched alkanes of at least 4 members (excludes halogenated alkanes) is 3. The number of halogens is 2. The highest BCUT2D eigenvalue weighted by molar-refractivity contribution is 9.10. The minimum Gasteiger partial charge on any atom is -0.137 e. The van der Waals surface area contributed by atoms with Crippen molar-refractivity contribution in [1.29, 1.82) is 0 Å². The Morgan fingerprint density at radius 2 is 2.18 bits per heavy atom. The largest absolute Gasteiger partial charge is 0.137 e. The zero-order chi connectivity index (χ0) is 12.3. The van der Waals surface area contributed by atoms with Gasteiger partial charge in [0, 0.05) is 0 Å². The van der Waals surface area contributed by atoms with E-state index in [9.17, 15) is 0 Å². The van der Waals surface area contributed by atoms with Crippen molar-refractivity contribution in [2.24, 2.45) is 0 Å². The maximum atomic E-state index is 6.18. The van der Waals surface area contributed by atoms with Gasteiger partial charge in [-0.1, -0.05) is 42.3 Å². The first-order valence-electron chi connectivity index (χ1n) is 5.83. The zero-order valence-electron chi connectivity index (χ0n) is 9.67. The molecule has 17 heavy (non-hydrogen) atoms. The first-order chi connectivity index (χ1) is 8.24. The van der Waals surface area contributed by atoms with E-state index < -0.39 is 0 Å². The summed E-state index contributed by atoms with van der Waals surface area (Å²) in [6, 6.07) is 2.04. The highest BCUT2D eigenvalue weighted by Gasteiger charge is 2.12. The Bertz CT molecular complexity index is 512. The van der Waals surface area contributed by atoms with Gasteiger partial charge in [0.25, 0.3) is 0 Å². The molecule has 0 saturated heterocycles. The molecule has 1 heterocycles. The van der Waals surface area contributed by atoms with Gasteiger partial charge < -0.3 is 0 Å². The standard InChI is InChI=1S/C12H14BrClN2S/c1-2-3-4-5-6-8-7-9(14)10(13)11-12(8)17-16-15-11/h7H,2-6H2,1H3. The monoisotopic (exact) mass is 332 g/mol. The lowest BCUT2D eigenvalue weighted by Gasteiger charge is -2.05. The molecular weight excluding hydrogens is 320 g/mol. The van der Waals surface area contributed by atoms with Crippen LogP contribution in [0.25, 0.3) is 10.2 Å². The van der Waals surface area contributed by atoms with Crippen LogP contribution < -0.4 is 0 Å². The molecule has 0 aliphatic rings. The summed E-state index contributed by atoms with van der Waals surface area (Å²) in [5.74, 6) is 0. The van der Waals surface area contributed by atoms with Crippen molar-refractivity contribution in [3.05, 3.63) is 21.1 Å². The Balaban J connectivity index is 2.22. The quantitative estimate of drug-likeness (QED) is 0.700. The van der Waals surface area contributed by atoms with Gasteiger partial charge in [-0.05, 0) is 51.9 Å². The van der Waals surface area contributed by atoms with Gasteiger partial charge >= 0.3 is 0 Å². The summed E-state index contributed by atoms with van der Waals surface area (Å²) in [7, 11) is 0. The predicted octanol–water partition coefficient (Wildman–Crippen LogP) is 5.23. The molecule has 0 bridgehead atoms. The minimum absolute atomic E-state index is 0.732. The van der Waals surface area contributed by atoms with E-state index in [-0.39, 0.29) is 0 Å². The first-order valence-corrected chi connectivity index (χ1v) is 7.77. The molecule has 0 saturated carbocycles. The van der Waals surface area contributed by atoms with E-state index in [1.807, 2.05) is 6.07 Å². The second-order valence-corrected chi connectivity index (χ2v) is 6.05. The van der Waals surface area contributed by atoms with Crippen LogP contribution in [-0.2, 0) is 6.42 Å². The van der Waals surface area contributed by atoms with E-state index >= 15 is 0 Å². The van der Waals surface area contributed by atoms with Crippen molar-refractivity contribution >= 4 is 49.3 Å². The Kier molecular flexibility index (Phi) is 4.77. The summed E-state index contributed by atoms with van der Waals surface area (Å²) in [6.45, 7) is 2.22. The number of aryl methyl sites for hydroxylation is 1. The number of aromatic nitrogens is 2. The highest BCUT2D eigenvalue weighted by atomic mass is 79.9. The van der Waals surface area contributed by atoms with Crippen LogP contribution in [0.15, 0.2) is 10.5 Å². The average Bonchev–Trinajstić information content (AvgIpc) is 2.80. The molecule has 1 aromatic carbocycles. The van der Waals surface area contributed by atoms with E-state index in [0.29, 0.717) is 0 Å². The molecule has 0 N–H and O–H groups in total. The molecule has 0 unspecified atom stereocenters. The number of rotatable bonds is 5. The topological polar surface area (TPSA) is 25.8 Å². The second-order valence-electron chi connectivity index (χ2n) is 4.09. The van der Waals surface area contributed by atoms with Gasteiger partial charge in [0.1, 0.15) is 5.52 Å². The van der Waals surface area contributed by atoms with Crippen molar-refractivity contribution in [3.8, 4) is 0 Å². The molecule has 1 aromatic heterocycles. The Hall–Kier alpha value is -0.190. The van der Waals surface area contributed by atoms with E-state index in [0.717, 1.165) is 26.1 Å². The summed E-state index contributed by atoms with van der Waals surface area (Å²) in [4.78, 5) is 0. The molecule has 0 atom stereocenters. The molecule has 0 amide bonds. The molecule has 2 nitrogen and oxygen atoms in total. The molecule has 0 aliphatic carbocycles. The van der Waals surface area contributed by atoms with E-state index in [1.54, 1.807) is 0 Å². The van der Waals surface area contributed by atoms with Crippen LogP contribution in [0.4, 0.5) is 0 Å². The molecule has 0 spiro atoms. The second kappa shape index (κ2) is 6.12. The smallest absolute Gasteiger partial charge is 0.121 e. The van der Waals surface area contributed by atoms with Crippen LogP contribution in [0.1, 0.15) is 38.2 Å². The third kappa shape index (κ3) is 2.98. The van der Waals surface area contributed by atoms with Gasteiger partial charge in [-0.15, -0.1) is 5.10 Å². The SMILES string of the molecule is CCCCCCc1cc(Cl)c(Br)c2nnsc12. The van der Waals surface area contributed by atoms with Gasteiger partial charge in [0.15, 0.2) is 0 Å². The number of hydrogen-bond donors (Lipinski definition) is 0.